The summed E-state index contributed by atoms with van der Waals surface area (Å²) in [7, 11) is -3.25. The molecule has 1 aromatic heterocycles. The van der Waals surface area contributed by atoms with E-state index in [2.05, 4.69) is 0 Å². The summed E-state index contributed by atoms with van der Waals surface area (Å²) in [4.78, 5) is 15.0. The molecule has 0 radical (unpaired) electrons. The van der Waals surface area contributed by atoms with Crippen molar-refractivity contribution in [2.45, 2.75) is 5.25 Å². The van der Waals surface area contributed by atoms with Crippen LogP contribution in [0.25, 0.3) is 0 Å². The fourth-order valence-corrected chi connectivity index (χ4v) is 5.94. The van der Waals surface area contributed by atoms with Crippen molar-refractivity contribution < 1.29 is 13.2 Å². The maximum absolute atomic E-state index is 12.7. The van der Waals surface area contributed by atoms with Gasteiger partial charge in [0, 0.05) is 23.0 Å². The van der Waals surface area contributed by atoms with Gasteiger partial charge in [-0.05, 0) is 29.6 Å². The largest absolute Gasteiger partial charge is 0.336 e. The average molecular weight is 390 g/mol. The molecule has 2 heterocycles. The molecule has 2 aromatic rings. The molecule has 1 atom stereocenters. The minimum absolute atomic E-state index is 0.0491. The van der Waals surface area contributed by atoms with Crippen molar-refractivity contribution in [3.8, 4) is 0 Å². The first-order valence-corrected chi connectivity index (χ1v) is 10.2. The quantitative estimate of drug-likeness (QED) is 0.786. The van der Waals surface area contributed by atoms with Gasteiger partial charge in [0.25, 0.3) is 5.91 Å². The number of thiophene rings is 1. The van der Waals surface area contributed by atoms with E-state index >= 15 is 0 Å². The van der Waals surface area contributed by atoms with Crippen molar-refractivity contribution in [1.29, 1.82) is 0 Å². The Balaban J connectivity index is 1.88. The van der Waals surface area contributed by atoms with Crippen molar-refractivity contribution in [1.82, 2.24) is 4.90 Å². The Morgan fingerprint density at radius 3 is 2.70 bits per heavy atom. The zero-order chi connectivity index (χ0) is 16.6. The van der Waals surface area contributed by atoms with Crippen molar-refractivity contribution >= 4 is 50.3 Å². The Bertz CT molecular complexity index is 834. The van der Waals surface area contributed by atoms with Crippen LogP contribution in [0.3, 0.4) is 0 Å². The number of nitrogens with zero attached hydrogens (tertiary/aromatic N) is 1. The molecule has 4 nitrogen and oxygen atoms in total. The van der Waals surface area contributed by atoms with E-state index in [-0.39, 0.29) is 29.8 Å². The number of hydrogen-bond donors (Lipinski definition) is 0. The Morgan fingerprint density at radius 1 is 1.26 bits per heavy atom. The molecule has 1 fully saturated rings. The van der Waals surface area contributed by atoms with Crippen LogP contribution in [0.2, 0.25) is 10.0 Å². The fraction of sp³-hybridized carbons (Fsp3) is 0.267. The minimum Gasteiger partial charge on any atom is -0.336 e. The molecule has 3 rings (SSSR count). The smallest absolute Gasteiger partial charge is 0.255 e. The van der Waals surface area contributed by atoms with E-state index in [0.29, 0.717) is 10.6 Å². The Kier molecular flexibility index (Phi) is 4.69. The van der Waals surface area contributed by atoms with Gasteiger partial charge in [0.15, 0.2) is 9.84 Å². The molecule has 1 saturated heterocycles. The van der Waals surface area contributed by atoms with Gasteiger partial charge in [-0.3, -0.25) is 4.79 Å². The molecule has 8 heteroatoms. The van der Waals surface area contributed by atoms with E-state index in [1.807, 2.05) is 11.4 Å². The second-order valence-corrected chi connectivity index (χ2v) is 9.37. The number of benzene rings is 1. The monoisotopic (exact) mass is 389 g/mol. The minimum atomic E-state index is -3.25. The first-order valence-electron chi connectivity index (χ1n) is 6.88. The lowest BCUT2D eigenvalue weighted by molar-refractivity contribution is 0.0759. The maximum Gasteiger partial charge on any atom is 0.255 e. The molecule has 0 unspecified atom stereocenters. The third-order valence-electron chi connectivity index (χ3n) is 3.77. The first kappa shape index (κ1) is 16.8. The molecule has 0 spiro atoms. The summed E-state index contributed by atoms with van der Waals surface area (Å²) in [5, 5.41) is 1.88. The molecule has 1 aromatic carbocycles. The van der Waals surface area contributed by atoms with E-state index in [4.69, 9.17) is 23.2 Å². The molecule has 0 bridgehead atoms. The van der Waals surface area contributed by atoms with E-state index < -0.39 is 15.1 Å². The van der Waals surface area contributed by atoms with Crippen LogP contribution in [-0.4, -0.2) is 38.1 Å². The molecule has 1 aliphatic rings. The SMILES string of the molecule is O=C(c1ccc(Cl)cc1Cl)N1CCS(=O)(=O)[C@@H](c2cccs2)C1. The first-order chi connectivity index (χ1) is 10.9. The molecule has 0 aliphatic carbocycles. The van der Waals surface area contributed by atoms with Crippen molar-refractivity contribution in [2.24, 2.45) is 0 Å². The van der Waals surface area contributed by atoms with Gasteiger partial charge in [0.2, 0.25) is 0 Å². The van der Waals surface area contributed by atoms with Gasteiger partial charge in [0.1, 0.15) is 5.25 Å². The van der Waals surface area contributed by atoms with Crippen LogP contribution < -0.4 is 0 Å². The lowest BCUT2D eigenvalue weighted by Crippen LogP contribution is -2.45. The Hall–Kier alpha value is -1.08. The number of sulfone groups is 1. The number of carbonyl (C=O) groups is 1. The van der Waals surface area contributed by atoms with Gasteiger partial charge >= 0.3 is 0 Å². The third kappa shape index (κ3) is 3.40. The number of amides is 1. The van der Waals surface area contributed by atoms with Crippen LogP contribution in [0, 0.1) is 0 Å². The molecular formula is C15H13Cl2NO3S2. The summed E-state index contributed by atoms with van der Waals surface area (Å²) in [5.74, 6) is -0.324. The molecule has 0 saturated carbocycles. The predicted octanol–water partition coefficient (Wildman–Crippen LogP) is 3.67. The van der Waals surface area contributed by atoms with Gasteiger partial charge in [-0.15, -0.1) is 11.3 Å². The fourth-order valence-electron chi connectivity index (χ4n) is 2.54. The van der Waals surface area contributed by atoms with Crippen LogP contribution in [0.1, 0.15) is 20.5 Å². The van der Waals surface area contributed by atoms with Crippen LogP contribution in [0.15, 0.2) is 35.7 Å². The molecule has 23 heavy (non-hydrogen) atoms. The number of carbonyl (C=O) groups excluding carboxylic acids is 1. The molecular weight excluding hydrogens is 377 g/mol. The molecule has 0 N–H and O–H groups in total. The maximum atomic E-state index is 12.7. The van der Waals surface area contributed by atoms with Crippen LogP contribution >= 0.6 is 34.5 Å². The summed E-state index contributed by atoms with van der Waals surface area (Å²) in [6, 6.07) is 8.27. The predicted molar refractivity (Wildman–Crippen MR) is 93.2 cm³/mol. The summed E-state index contributed by atoms with van der Waals surface area (Å²) >= 11 is 13.3. The summed E-state index contributed by atoms with van der Waals surface area (Å²) in [6.07, 6.45) is 0. The van der Waals surface area contributed by atoms with Gasteiger partial charge in [-0.1, -0.05) is 29.3 Å². The van der Waals surface area contributed by atoms with Gasteiger partial charge < -0.3 is 4.90 Å². The number of halogens is 2. The second-order valence-electron chi connectivity index (χ2n) is 5.25. The van der Waals surface area contributed by atoms with Crippen LogP contribution in [0.5, 0.6) is 0 Å². The third-order valence-corrected chi connectivity index (χ3v) is 7.48. The van der Waals surface area contributed by atoms with E-state index in [9.17, 15) is 13.2 Å². The van der Waals surface area contributed by atoms with E-state index in [1.165, 1.54) is 17.4 Å². The summed E-state index contributed by atoms with van der Waals surface area (Å²) < 4.78 is 24.6. The highest BCUT2D eigenvalue weighted by molar-refractivity contribution is 7.91. The van der Waals surface area contributed by atoms with Gasteiger partial charge in [-0.2, -0.15) is 0 Å². The highest BCUT2D eigenvalue weighted by Crippen LogP contribution is 2.32. The summed E-state index contributed by atoms with van der Waals surface area (Å²) in [5.41, 5.74) is 0.334. The lowest BCUT2D eigenvalue weighted by Gasteiger charge is -2.32. The van der Waals surface area contributed by atoms with Crippen LogP contribution in [-0.2, 0) is 9.84 Å². The highest BCUT2D eigenvalue weighted by Gasteiger charge is 2.37. The average Bonchev–Trinajstić information content (AvgIpc) is 3.00. The standard InChI is InChI=1S/C15H13Cl2NO3S2/c16-10-3-4-11(12(17)8-10)15(19)18-5-7-23(20,21)14(9-18)13-2-1-6-22-13/h1-4,6,8,14H,5,7,9H2/t14-/m1/s1. The van der Waals surface area contributed by atoms with Crippen LogP contribution in [0.4, 0.5) is 0 Å². The Labute approximate surface area is 148 Å². The number of rotatable bonds is 2. The molecule has 122 valence electrons. The Morgan fingerprint density at radius 2 is 2.04 bits per heavy atom. The van der Waals surface area contributed by atoms with E-state index in [0.717, 1.165) is 4.88 Å². The topological polar surface area (TPSA) is 54.5 Å². The van der Waals surface area contributed by atoms with Crippen molar-refractivity contribution in [2.75, 3.05) is 18.8 Å². The normalized spacial score (nSPS) is 20.4. The zero-order valence-corrected chi connectivity index (χ0v) is 15.1. The highest BCUT2D eigenvalue weighted by atomic mass is 35.5. The van der Waals surface area contributed by atoms with E-state index in [1.54, 1.807) is 23.1 Å². The molecule has 1 amide bonds. The second kappa shape index (κ2) is 6.43. The van der Waals surface area contributed by atoms with Crippen molar-refractivity contribution in [3.63, 3.8) is 0 Å². The summed E-state index contributed by atoms with van der Waals surface area (Å²) in [6.45, 7) is 0.308. The lowest BCUT2D eigenvalue weighted by atomic mass is 10.2. The zero-order valence-electron chi connectivity index (χ0n) is 11.9. The number of hydrogen-bond acceptors (Lipinski definition) is 4. The molecule has 1 aliphatic heterocycles. The van der Waals surface area contributed by atoms with Gasteiger partial charge in [-0.25, -0.2) is 8.42 Å². The van der Waals surface area contributed by atoms with Crippen molar-refractivity contribution in [3.05, 3.63) is 56.2 Å². The van der Waals surface area contributed by atoms with Gasteiger partial charge in [0.05, 0.1) is 16.3 Å².